The van der Waals surface area contributed by atoms with Gasteiger partial charge in [-0.25, -0.2) is 0 Å². The van der Waals surface area contributed by atoms with Crippen molar-refractivity contribution in [1.29, 1.82) is 0 Å². The van der Waals surface area contributed by atoms with E-state index in [0.717, 1.165) is 12.8 Å². The summed E-state index contributed by atoms with van der Waals surface area (Å²) in [5, 5.41) is 0.296. The van der Waals surface area contributed by atoms with Crippen LogP contribution in [0, 0.1) is 0 Å². The van der Waals surface area contributed by atoms with Gasteiger partial charge < -0.3 is 10.2 Å². The van der Waals surface area contributed by atoms with Gasteiger partial charge in [0, 0.05) is 6.04 Å². The first kappa shape index (κ1) is 13.2. The lowest BCUT2D eigenvalue weighted by molar-refractivity contribution is 0.117. The Morgan fingerprint density at radius 2 is 1.67 bits per heavy atom. The summed E-state index contributed by atoms with van der Waals surface area (Å²) in [7, 11) is -1.61. The highest BCUT2D eigenvalue weighted by atomic mass is 28.4. The van der Waals surface area contributed by atoms with Crippen LogP contribution in [-0.4, -0.2) is 20.5 Å². The van der Waals surface area contributed by atoms with E-state index in [2.05, 4.69) is 33.9 Å². The molecule has 0 bridgehead atoms. The molecule has 0 aromatic heterocycles. The first-order chi connectivity index (χ1) is 6.74. The maximum absolute atomic E-state index is 6.37. The monoisotopic (exact) mass is 229 g/mol. The van der Waals surface area contributed by atoms with Crippen molar-refractivity contribution in [2.24, 2.45) is 5.73 Å². The van der Waals surface area contributed by atoms with Crippen LogP contribution >= 0.6 is 0 Å². The van der Waals surface area contributed by atoms with Crippen molar-refractivity contribution >= 4 is 8.32 Å². The summed E-state index contributed by atoms with van der Waals surface area (Å²) < 4.78 is 6.37. The fourth-order valence-corrected chi connectivity index (χ4v) is 3.23. The number of hydrogen-bond acceptors (Lipinski definition) is 2. The van der Waals surface area contributed by atoms with Crippen LogP contribution in [0.15, 0.2) is 0 Å². The van der Waals surface area contributed by atoms with Crippen LogP contribution in [0.3, 0.4) is 0 Å². The highest BCUT2D eigenvalue weighted by Crippen LogP contribution is 2.38. The van der Waals surface area contributed by atoms with Gasteiger partial charge in [-0.1, -0.05) is 33.6 Å². The molecular weight excluding hydrogens is 202 g/mol. The maximum Gasteiger partial charge on any atom is 0.192 e. The van der Waals surface area contributed by atoms with Gasteiger partial charge in [-0.2, -0.15) is 0 Å². The Morgan fingerprint density at radius 1 is 1.13 bits per heavy atom. The summed E-state index contributed by atoms with van der Waals surface area (Å²) in [6, 6.07) is 0.271. The lowest BCUT2D eigenvalue weighted by Crippen LogP contribution is -2.50. The van der Waals surface area contributed by atoms with E-state index >= 15 is 0 Å². The Kier molecular flexibility index (Phi) is 4.01. The van der Waals surface area contributed by atoms with Gasteiger partial charge in [0.1, 0.15) is 0 Å². The smallest absolute Gasteiger partial charge is 0.192 e. The van der Waals surface area contributed by atoms with Crippen LogP contribution in [0.4, 0.5) is 0 Å². The van der Waals surface area contributed by atoms with Crippen molar-refractivity contribution in [3.8, 4) is 0 Å². The van der Waals surface area contributed by atoms with Crippen molar-refractivity contribution in [1.82, 2.24) is 0 Å². The summed E-state index contributed by atoms with van der Waals surface area (Å²) in [6.07, 6.45) is 5.18. The summed E-state index contributed by atoms with van der Waals surface area (Å²) in [5.74, 6) is 0. The Hall–Kier alpha value is 0.137. The molecule has 1 fully saturated rings. The molecule has 2 atom stereocenters. The SMILES string of the molecule is CC(C)(C)[Si](C)(C)OC1CCCC[C@H]1N. The standard InChI is InChI=1S/C12H27NOSi/c1-12(2,3)15(4,5)14-11-9-7-6-8-10(11)13/h10-11H,6-9,13H2,1-5H3/t10-,11?/m1/s1. The molecule has 0 heterocycles. The predicted molar refractivity (Wildman–Crippen MR) is 68.5 cm³/mol. The third-order valence-corrected chi connectivity index (χ3v) is 8.51. The van der Waals surface area contributed by atoms with E-state index in [1.807, 2.05) is 0 Å². The molecule has 1 unspecified atom stereocenters. The van der Waals surface area contributed by atoms with E-state index in [4.69, 9.17) is 10.2 Å². The molecule has 2 N–H and O–H groups in total. The fourth-order valence-electron chi connectivity index (χ4n) is 1.83. The molecule has 15 heavy (non-hydrogen) atoms. The van der Waals surface area contributed by atoms with Crippen LogP contribution in [0.25, 0.3) is 0 Å². The third kappa shape index (κ3) is 3.30. The summed E-state index contributed by atoms with van der Waals surface area (Å²) >= 11 is 0. The zero-order chi connectivity index (χ0) is 11.7. The molecule has 0 aromatic rings. The van der Waals surface area contributed by atoms with Gasteiger partial charge in [-0.05, 0) is 31.0 Å². The van der Waals surface area contributed by atoms with Crippen LogP contribution in [0.2, 0.25) is 18.1 Å². The average Bonchev–Trinajstić information content (AvgIpc) is 2.06. The fraction of sp³-hybridized carbons (Fsp3) is 1.00. The Balaban J connectivity index is 2.59. The molecular formula is C12H27NOSi. The molecule has 1 saturated carbocycles. The van der Waals surface area contributed by atoms with Crippen LogP contribution < -0.4 is 5.73 Å². The van der Waals surface area contributed by atoms with Crippen LogP contribution in [0.5, 0.6) is 0 Å². The molecule has 0 aromatic carbocycles. The van der Waals surface area contributed by atoms with Gasteiger partial charge >= 0.3 is 0 Å². The molecule has 0 radical (unpaired) electrons. The Bertz CT molecular complexity index is 210. The zero-order valence-electron chi connectivity index (χ0n) is 11.0. The summed E-state index contributed by atoms with van der Waals surface area (Å²) in [6.45, 7) is 11.5. The molecule has 0 aliphatic heterocycles. The molecule has 1 rings (SSSR count). The molecule has 2 nitrogen and oxygen atoms in total. The Morgan fingerprint density at radius 3 is 2.13 bits per heavy atom. The van der Waals surface area contributed by atoms with E-state index in [0.29, 0.717) is 11.1 Å². The van der Waals surface area contributed by atoms with Crippen LogP contribution in [0.1, 0.15) is 46.5 Å². The first-order valence-electron chi connectivity index (χ1n) is 6.17. The minimum atomic E-state index is -1.61. The highest BCUT2D eigenvalue weighted by Gasteiger charge is 2.40. The minimum Gasteiger partial charge on any atom is -0.412 e. The van der Waals surface area contributed by atoms with Crippen molar-refractivity contribution in [3.05, 3.63) is 0 Å². The largest absolute Gasteiger partial charge is 0.412 e. The quantitative estimate of drug-likeness (QED) is 0.738. The van der Waals surface area contributed by atoms with Gasteiger partial charge in [0.05, 0.1) is 6.10 Å². The van der Waals surface area contributed by atoms with Crippen molar-refractivity contribution in [2.75, 3.05) is 0 Å². The van der Waals surface area contributed by atoms with Gasteiger partial charge in [0.15, 0.2) is 8.32 Å². The van der Waals surface area contributed by atoms with Gasteiger partial charge in [-0.3, -0.25) is 0 Å². The van der Waals surface area contributed by atoms with Crippen LogP contribution in [-0.2, 0) is 4.43 Å². The van der Waals surface area contributed by atoms with E-state index in [9.17, 15) is 0 Å². The zero-order valence-corrected chi connectivity index (χ0v) is 12.0. The Labute approximate surface area is 95.7 Å². The highest BCUT2D eigenvalue weighted by molar-refractivity contribution is 6.74. The second kappa shape index (κ2) is 4.56. The van der Waals surface area contributed by atoms with Gasteiger partial charge in [0.25, 0.3) is 0 Å². The van der Waals surface area contributed by atoms with Gasteiger partial charge in [-0.15, -0.1) is 0 Å². The molecule has 3 heteroatoms. The molecule has 0 saturated heterocycles. The maximum atomic E-state index is 6.37. The number of hydrogen-bond donors (Lipinski definition) is 1. The van der Waals surface area contributed by atoms with Crippen molar-refractivity contribution in [3.63, 3.8) is 0 Å². The van der Waals surface area contributed by atoms with E-state index in [-0.39, 0.29) is 6.04 Å². The lowest BCUT2D eigenvalue weighted by atomic mass is 9.93. The summed E-state index contributed by atoms with van der Waals surface area (Å²) in [4.78, 5) is 0. The van der Waals surface area contributed by atoms with E-state index < -0.39 is 8.32 Å². The molecule has 0 spiro atoms. The third-order valence-electron chi connectivity index (χ3n) is 4.01. The molecule has 1 aliphatic carbocycles. The van der Waals surface area contributed by atoms with E-state index in [1.165, 1.54) is 12.8 Å². The second-order valence-corrected chi connectivity index (χ2v) is 11.1. The molecule has 0 amide bonds. The first-order valence-corrected chi connectivity index (χ1v) is 9.08. The van der Waals surface area contributed by atoms with E-state index in [1.54, 1.807) is 0 Å². The predicted octanol–water partition coefficient (Wildman–Crippen LogP) is 3.28. The molecule has 1 aliphatic rings. The topological polar surface area (TPSA) is 35.2 Å². The van der Waals surface area contributed by atoms with Crippen molar-refractivity contribution in [2.45, 2.75) is 76.7 Å². The second-order valence-electron chi connectivity index (χ2n) is 6.36. The number of rotatable bonds is 2. The van der Waals surface area contributed by atoms with Crippen molar-refractivity contribution < 1.29 is 4.43 Å². The lowest BCUT2D eigenvalue weighted by Gasteiger charge is -2.42. The number of nitrogens with two attached hydrogens (primary N) is 1. The normalized spacial score (nSPS) is 29.2. The average molecular weight is 229 g/mol. The minimum absolute atomic E-state index is 0.271. The summed E-state index contributed by atoms with van der Waals surface area (Å²) in [5.41, 5.74) is 6.13. The van der Waals surface area contributed by atoms with Gasteiger partial charge in [0.2, 0.25) is 0 Å². The molecule has 90 valence electrons.